The zero-order valence-electron chi connectivity index (χ0n) is 15.7. The van der Waals surface area contributed by atoms with Crippen molar-refractivity contribution in [3.63, 3.8) is 0 Å². The van der Waals surface area contributed by atoms with E-state index in [0.717, 1.165) is 25.3 Å². The van der Waals surface area contributed by atoms with Crippen LogP contribution in [0.1, 0.15) is 16.8 Å². The molecule has 0 aliphatic carbocycles. The topological polar surface area (TPSA) is 75.7 Å². The van der Waals surface area contributed by atoms with Crippen LogP contribution in [0.5, 0.6) is 11.5 Å². The normalized spacial score (nSPS) is 10.5. The Balaban J connectivity index is 1.93. The lowest BCUT2D eigenvalue weighted by Crippen LogP contribution is -2.17. The monoisotopic (exact) mass is 358 g/mol. The molecule has 1 heterocycles. The Morgan fingerprint density at radius 3 is 2.50 bits per heavy atom. The summed E-state index contributed by atoms with van der Waals surface area (Å²) in [6, 6.07) is 8.77. The van der Waals surface area contributed by atoms with Crippen LogP contribution in [0.4, 0.5) is 11.5 Å². The molecule has 7 heteroatoms. The van der Waals surface area contributed by atoms with Crippen molar-refractivity contribution in [1.82, 2.24) is 9.88 Å². The van der Waals surface area contributed by atoms with Crippen molar-refractivity contribution >= 4 is 17.4 Å². The average Bonchev–Trinajstić information content (AvgIpc) is 2.65. The first kappa shape index (κ1) is 19.5. The second kappa shape index (κ2) is 9.62. The Kier molecular flexibility index (Phi) is 7.23. The fraction of sp³-hybridized carbons (Fsp3) is 0.368. The molecule has 1 amide bonds. The Morgan fingerprint density at radius 2 is 1.88 bits per heavy atom. The third-order valence-corrected chi connectivity index (χ3v) is 3.76. The number of methoxy groups -OCH3 is 2. The molecule has 1 aromatic carbocycles. The van der Waals surface area contributed by atoms with Crippen molar-refractivity contribution in [2.75, 3.05) is 52.0 Å². The molecule has 2 aromatic rings. The van der Waals surface area contributed by atoms with E-state index in [4.69, 9.17) is 9.47 Å². The minimum absolute atomic E-state index is 0.233. The number of hydrogen-bond donors (Lipinski definition) is 2. The second-order valence-electron chi connectivity index (χ2n) is 6.04. The first-order valence-corrected chi connectivity index (χ1v) is 8.41. The third kappa shape index (κ3) is 5.63. The van der Waals surface area contributed by atoms with Crippen molar-refractivity contribution in [3.8, 4) is 11.5 Å². The van der Waals surface area contributed by atoms with E-state index in [2.05, 4.69) is 20.5 Å². The lowest BCUT2D eigenvalue weighted by molar-refractivity contribution is 0.102. The maximum Gasteiger partial charge on any atom is 0.257 e. The maximum absolute atomic E-state index is 12.4. The van der Waals surface area contributed by atoms with E-state index in [1.807, 2.05) is 14.1 Å². The molecule has 140 valence electrons. The van der Waals surface area contributed by atoms with Gasteiger partial charge in [-0.3, -0.25) is 4.79 Å². The van der Waals surface area contributed by atoms with Gasteiger partial charge in [-0.15, -0.1) is 0 Å². The summed E-state index contributed by atoms with van der Waals surface area (Å²) in [5.41, 5.74) is 1.11. The molecule has 0 aliphatic heterocycles. The first-order valence-electron chi connectivity index (χ1n) is 8.41. The number of carbonyl (C=O) groups excluding carboxylic acids is 1. The van der Waals surface area contributed by atoms with Gasteiger partial charge in [-0.05, 0) is 51.3 Å². The fourth-order valence-corrected chi connectivity index (χ4v) is 2.36. The smallest absolute Gasteiger partial charge is 0.257 e. The number of pyridine rings is 1. The van der Waals surface area contributed by atoms with Crippen molar-refractivity contribution in [1.29, 1.82) is 0 Å². The zero-order chi connectivity index (χ0) is 18.9. The van der Waals surface area contributed by atoms with Gasteiger partial charge < -0.3 is 25.0 Å². The van der Waals surface area contributed by atoms with Gasteiger partial charge in [0.25, 0.3) is 5.91 Å². The Bertz CT molecular complexity index is 717. The number of carbonyl (C=O) groups is 1. The molecular weight excluding hydrogens is 332 g/mol. The number of benzene rings is 1. The van der Waals surface area contributed by atoms with E-state index in [9.17, 15) is 4.79 Å². The van der Waals surface area contributed by atoms with Gasteiger partial charge in [-0.1, -0.05) is 0 Å². The number of nitrogens with zero attached hydrogens (tertiary/aromatic N) is 2. The second-order valence-corrected chi connectivity index (χ2v) is 6.04. The number of aromatic nitrogens is 1. The number of hydrogen-bond acceptors (Lipinski definition) is 6. The number of ether oxygens (including phenoxy) is 2. The molecular formula is C19H26N4O3. The molecule has 0 unspecified atom stereocenters. The standard InChI is InChI=1S/C19H26N4O3/c1-23(2)11-5-10-20-18-9-6-14(13-21-18)19(24)22-15-7-8-16(25-3)17(12-15)26-4/h6-9,12-13H,5,10-11H2,1-4H3,(H,20,21)(H,22,24). The van der Waals surface area contributed by atoms with Crippen LogP contribution in [0.25, 0.3) is 0 Å². The van der Waals surface area contributed by atoms with Gasteiger partial charge in [-0.2, -0.15) is 0 Å². The van der Waals surface area contributed by atoms with Crippen molar-refractivity contribution < 1.29 is 14.3 Å². The predicted octanol–water partition coefficient (Wildman–Crippen LogP) is 2.71. The molecule has 1 aromatic heterocycles. The van der Waals surface area contributed by atoms with E-state index in [-0.39, 0.29) is 5.91 Å². The Hall–Kier alpha value is -2.80. The van der Waals surface area contributed by atoms with Gasteiger partial charge >= 0.3 is 0 Å². The lowest BCUT2D eigenvalue weighted by atomic mass is 10.2. The number of anilines is 2. The summed E-state index contributed by atoms with van der Waals surface area (Å²) in [6.45, 7) is 1.85. The summed E-state index contributed by atoms with van der Waals surface area (Å²) in [4.78, 5) is 18.8. The van der Waals surface area contributed by atoms with E-state index in [1.165, 1.54) is 0 Å². The van der Waals surface area contributed by atoms with Crippen molar-refractivity contribution in [2.45, 2.75) is 6.42 Å². The van der Waals surface area contributed by atoms with Gasteiger partial charge in [0.15, 0.2) is 11.5 Å². The first-order chi connectivity index (χ1) is 12.5. The van der Waals surface area contributed by atoms with E-state index >= 15 is 0 Å². The SMILES string of the molecule is COc1ccc(NC(=O)c2ccc(NCCCN(C)C)nc2)cc1OC. The summed E-state index contributed by atoms with van der Waals surface area (Å²) in [6.07, 6.45) is 2.58. The Labute approximate surface area is 154 Å². The Morgan fingerprint density at radius 1 is 1.12 bits per heavy atom. The van der Waals surface area contributed by atoms with Crippen LogP contribution in [0.2, 0.25) is 0 Å². The van der Waals surface area contributed by atoms with Crippen LogP contribution in [-0.2, 0) is 0 Å². The fourth-order valence-electron chi connectivity index (χ4n) is 2.36. The number of amides is 1. The molecule has 0 fully saturated rings. The van der Waals surface area contributed by atoms with Gasteiger partial charge in [0.05, 0.1) is 19.8 Å². The molecule has 2 rings (SSSR count). The average molecular weight is 358 g/mol. The lowest BCUT2D eigenvalue weighted by Gasteiger charge is -2.11. The van der Waals surface area contributed by atoms with Crippen LogP contribution in [0, 0.1) is 0 Å². The van der Waals surface area contributed by atoms with Crippen LogP contribution in [-0.4, -0.2) is 57.2 Å². The zero-order valence-corrected chi connectivity index (χ0v) is 15.7. The summed E-state index contributed by atoms with van der Waals surface area (Å²) in [5, 5.41) is 6.07. The van der Waals surface area contributed by atoms with Gasteiger partial charge in [-0.25, -0.2) is 4.98 Å². The van der Waals surface area contributed by atoms with E-state index in [0.29, 0.717) is 22.7 Å². The molecule has 0 atom stereocenters. The highest BCUT2D eigenvalue weighted by Crippen LogP contribution is 2.29. The van der Waals surface area contributed by atoms with E-state index in [1.54, 1.807) is 50.7 Å². The third-order valence-electron chi connectivity index (χ3n) is 3.76. The quantitative estimate of drug-likeness (QED) is 0.671. The molecule has 7 nitrogen and oxygen atoms in total. The highest BCUT2D eigenvalue weighted by atomic mass is 16.5. The minimum atomic E-state index is -0.233. The summed E-state index contributed by atoms with van der Waals surface area (Å²) < 4.78 is 10.4. The number of nitrogens with one attached hydrogen (secondary N) is 2. The molecule has 0 saturated carbocycles. The molecule has 0 bridgehead atoms. The molecule has 2 N–H and O–H groups in total. The molecule has 0 spiro atoms. The number of rotatable bonds is 9. The molecule has 26 heavy (non-hydrogen) atoms. The summed E-state index contributed by atoms with van der Waals surface area (Å²) in [5.74, 6) is 1.69. The van der Waals surface area contributed by atoms with Gasteiger partial charge in [0, 0.05) is 24.5 Å². The van der Waals surface area contributed by atoms with E-state index < -0.39 is 0 Å². The largest absolute Gasteiger partial charge is 0.493 e. The summed E-state index contributed by atoms with van der Waals surface area (Å²) >= 11 is 0. The summed E-state index contributed by atoms with van der Waals surface area (Å²) in [7, 11) is 7.21. The highest BCUT2D eigenvalue weighted by molar-refractivity contribution is 6.04. The predicted molar refractivity (Wildman–Crippen MR) is 103 cm³/mol. The van der Waals surface area contributed by atoms with Crippen LogP contribution in [0.3, 0.4) is 0 Å². The van der Waals surface area contributed by atoms with Crippen molar-refractivity contribution in [3.05, 3.63) is 42.1 Å². The molecule has 0 saturated heterocycles. The van der Waals surface area contributed by atoms with Crippen LogP contribution < -0.4 is 20.1 Å². The molecule has 0 aliphatic rings. The molecule has 0 radical (unpaired) electrons. The van der Waals surface area contributed by atoms with Crippen LogP contribution in [0.15, 0.2) is 36.5 Å². The highest BCUT2D eigenvalue weighted by Gasteiger charge is 2.10. The maximum atomic E-state index is 12.4. The van der Waals surface area contributed by atoms with Gasteiger partial charge in [0.2, 0.25) is 0 Å². The minimum Gasteiger partial charge on any atom is -0.493 e. The van der Waals surface area contributed by atoms with Gasteiger partial charge in [0.1, 0.15) is 5.82 Å². The van der Waals surface area contributed by atoms with Crippen LogP contribution >= 0.6 is 0 Å². The van der Waals surface area contributed by atoms with Crippen molar-refractivity contribution in [2.24, 2.45) is 0 Å².